The molecule has 7 heteroatoms. The van der Waals surface area contributed by atoms with E-state index in [2.05, 4.69) is 5.32 Å². The lowest BCUT2D eigenvalue weighted by Gasteiger charge is -2.50. The normalized spacial score (nSPS) is 25.9. The summed E-state index contributed by atoms with van der Waals surface area (Å²) in [5, 5.41) is 25.0. The molecule has 190 valence electrons. The molecule has 0 saturated carbocycles. The van der Waals surface area contributed by atoms with Gasteiger partial charge < -0.3 is 29.7 Å². The topological polar surface area (TPSA) is 97.3 Å². The number of rotatable bonds is 10. The van der Waals surface area contributed by atoms with Crippen LogP contribution in [0, 0.1) is 0 Å². The van der Waals surface area contributed by atoms with Crippen LogP contribution >= 0.6 is 0 Å². The van der Waals surface area contributed by atoms with Gasteiger partial charge in [-0.2, -0.15) is 0 Å². The minimum Gasteiger partial charge on any atom is -0.393 e. The Hall–Kier alpha value is -3.07. The average molecular weight is 492 g/mol. The van der Waals surface area contributed by atoms with Crippen molar-refractivity contribution in [2.45, 2.75) is 56.7 Å². The van der Waals surface area contributed by atoms with E-state index in [1.165, 1.54) is 6.92 Å². The molecule has 3 aromatic rings. The Kier molecular flexibility index (Phi) is 8.85. The van der Waals surface area contributed by atoms with Crippen molar-refractivity contribution < 1.29 is 29.2 Å². The van der Waals surface area contributed by atoms with Gasteiger partial charge in [0.25, 0.3) is 0 Å². The van der Waals surface area contributed by atoms with Gasteiger partial charge in [0.1, 0.15) is 23.9 Å². The maximum absolute atomic E-state index is 12.2. The van der Waals surface area contributed by atoms with Crippen LogP contribution in [0.4, 0.5) is 0 Å². The molecule has 1 heterocycles. The number of benzene rings is 3. The molecule has 1 aliphatic rings. The van der Waals surface area contributed by atoms with Gasteiger partial charge in [-0.25, -0.2) is 0 Å². The first kappa shape index (κ1) is 26.0. The number of hydrogen-bond acceptors (Lipinski definition) is 6. The fourth-order valence-electron chi connectivity index (χ4n) is 4.54. The molecule has 1 fully saturated rings. The summed E-state index contributed by atoms with van der Waals surface area (Å²) in [5.41, 5.74) is 1.32. The molecule has 3 aromatic carbocycles. The summed E-state index contributed by atoms with van der Waals surface area (Å²) in [6, 6.07) is 27.9. The van der Waals surface area contributed by atoms with Crippen molar-refractivity contribution in [2.75, 3.05) is 6.61 Å². The molecular weight excluding hydrogens is 458 g/mol. The van der Waals surface area contributed by atoms with Crippen molar-refractivity contribution in [3.63, 3.8) is 0 Å². The predicted molar refractivity (Wildman–Crippen MR) is 135 cm³/mol. The van der Waals surface area contributed by atoms with Gasteiger partial charge >= 0.3 is 0 Å². The molecule has 5 atom stereocenters. The van der Waals surface area contributed by atoms with Gasteiger partial charge in [0.2, 0.25) is 5.91 Å². The number of amides is 1. The molecular formula is C29H33NO6. The van der Waals surface area contributed by atoms with Crippen molar-refractivity contribution in [1.29, 1.82) is 0 Å². The quantitative estimate of drug-likeness (QED) is 0.404. The predicted octanol–water partition coefficient (Wildman–Crippen LogP) is 2.98. The summed E-state index contributed by atoms with van der Waals surface area (Å²) in [6.45, 7) is 1.35. The van der Waals surface area contributed by atoms with Crippen molar-refractivity contribution in [3.8, 4) is 0 Å². The van der Waals surface area contributed by atoms with Crippen LogP contribution in [0.3, 0.4) is 0 Å². The first-order chi connectivity index (χ1) is 17.5. The Bertz CT molecular complexity index is 1080. The minimum absolute atomic E-state index is 0.205. The minimum atomic E-state index is -1.40. The van der Waals surface area contributed by atoms with Crippen molar-refractivity contribution >= 4 is 5.91 Å². The second-order valence-electron chi connectivity index (χ2n) is 9.10. The van der Waals surface area contributed by atoms with Crippen LogP contribution in [0.1, 0.15) is 23.6 Å². The molecule has 0 radical (unpaired) electrons. The first-order valence-electron chi connectivity index (χ1n) is 12.1. The monoisotopic (exact) mass is 491 g/mol. The zero-order valence-corrected chi connectivity index (χ0v) is 20.3. The molecule has 0 unspecified atom stereocenters. The first-order valence-corrected chi connectivity index (χ1v) is 12.1. The van der Waals surface area contributed by atoms with Gasteiger partial charge in [-0.3, -0.25) is 4.79 Å². The van der Waals surface area contributed by atoms with E-state index in [4.69, 9.17) is 14.2 Å². The van der Waals surface area contributed by atoms with E-state index < -0.39 is 36.7 Å². The summed E-state index contributed by atoms with van der Waals surface area (Å²) in [6.07, 6.45) is -2.90. The van der Waals surface area contributed by atoms with E-state index in [9.17, 15) is 15.0 Å². The van der Waals surface area contributed by atoms with E-state index in [0.29, 0.717) is 0 Å². The maximum atomic E-state index is 12.2. The smallest absolute Gasteiger partial charge is 0.217 e. The Morgan fingerprint density at radius 3 is 1.86 bits per heavy atom. The number of carbonyl (C=O) groups is 1. The number of hydrogen-bond donors (Lipinski definition) is 3. The highest BCUT2D eigenvalue weighted by atomic mass is 16.7. The Labute approximate surface area is 211 Å². The molecule has 0 bridgehead atoms. The number of aliphatic hydroxyl groups is 2. The highest BCUT2D eigenvalue weighted by molar-refractivity contribution is 5.73. The fraction of sp³-hybridized carbons (Fsp3) is 0.345. The lowest BCUT2D eigenvalue weighted by atomic mass is 9.81. The summed E-state index contributed by atoms with van der Waals surface area (Å²) >= 11 is 0. The summed E-state index contributed by atoms with van der Waals surface area (Å²) in [7, 11) is 0. The highest BCUT2D eigenvalue weighted by Crippen LogP contribution is 2.36. The van der Waals surface area contributed by atoms with Crippen LogP contribution in [0.5, 0.6) is 0 Å². The van der Waals surface area contributed by atoms with Crippen molar-refractivity contribution in [2.24, 2.45) is 0 Å². The summed E-state index contributed by atoms with van der Waals surface area (Å²) in [4.78, 5) is 12.2. The van der Waals surface area contributed by atoms with Gasteiger partial charge in [-0.1, -0.05) is 91.0 Å². The molecule has 0 spiro atoms. The van der Waals surface area contributed by atoms with Gasteiger partial charge in [0.15, 0.2) is 6.29 Å². The third kappa shape index (κ3) is 6.37. The molecule has 1 amide bonds. The van der Waals surface area contributed by atoms with Crippen LogP contribution in [-0.2, 0) is 38.6 Å². The zero-order chi connectivity index (χ0) is 25.4. The average Bonchev–Trinajstić information content (AvgIpc) is 2.91. The largest absolute Gasteiger partial charge is 0.393 e. The number of nitrogens with one attached hydrogen (secondary N) is 1. The summed E-state index contributed by atoms with van der Waals surface area (Å²) in [5.74, 6) is -0.308. The van der Waals surface area contributed by atoms with Gasteiger partial charge in [-0.05, 0) is 16.7 Å². The molecule has 3 N–H and O–H groups in total. The van der Waals surface area contributed by atoms with Crippen LogP contribution < -0.4 is 5.32 Å². The zero-order valence-electron chi connectivity index (χ0n) is 20.3. The van der Waals surface area contributed by atoms with Crippen LogP contribution in [-0.4, -0.2) is 52.9 Å². The van der Waals surface area contributed by atoms with E-state index in [0.717, 1.165) is 16.7 Å². The van der Waals surface area contributed by atoms with Crippen molar-refractivity contribution in [3.05, 3.63) is 108 Å². The second kappa shape index (κ2) is 12.3. The lowest BCUT2D eigenvalue weighted by molar-refractivity contribution is -0.321. The van der Waals surface area contributed by atoms with E-state index >= 15 is 0 Å². The Morgan fingerprint density at radius 2 is 1.36 bits per heavy atom. The maximum Gasteiger partial charge on any atom is 0.217 e. The molecule has 4 rings (SSSR count). The SMILES string of the molecule is CC(=O)N[C@@H]1[C@@H](OCc2ccccc2)O[C@@](CO)(Cc2ccccc2)[C@@H](O)[C@@H]1OCc1ccccc1. The molecule has 1 saturated heterocycles. The standard InChI is InChI=1S/C29H33NO6/c1-21(32)30-25-26(34-18-23-13-7-3-8-14-23)27(33)29(20-31,17-22-11-5-2-6-12-22)36-28(25)35-19-24-15-9-4-10-16-24/h2-16,25-28,31,33H,17-20H2,1H3,(H,30,32)/t25-,26+,27-,28-,29+/m0/s1. The van der Waals surface area contributed by atoms with E-state index in [-0.39, 0.29) is 25.5 Å². The van der Waals surface area contributed by atoms with E-state index in [1.54, 1.807) is 0 Å². The van der Waals surface area contributed by atoms with Crippen LogP contribution in [0.25, 0.3) is 0 Å². The number of ether oxygens (including phenoxy) is 3. The Balaban J connectivity index is 1.65. The van der Waals surface area contributed by atoms with Gasteiger partial charge in [-0.15, -0.1) is 0 Å². The van der Waals surface area contributed by atoms with Gasteiger partial charge in [0, 0.05) is 13.3 Å². The fourth-order valence-corrected chi connectivity index (χ4v) is 4.54. The van der Waals surface area contributed by atoms with Crippen LogP contribution in [0.15, 0.2) is 91.0 Å². The lowest BCUT2D eigenvalue weighted by Crippen LogP contribution is -2.71. The second-order valence-corrected chi connectivity index (χ2v) is 9.10. The number of carbonyl (C=O) groups excluding carboxylic acids is 1. The molecule has 36 heavy (non-hydrogen) atoms. The molecule has 0 aromatic heterocycles. The molecule has 0 aliphatic carbocycles. The van der Waals surface area contributed by atoms with Crippen LogP contribution in [0.2, 0.25) is 0 Å². The number of aliphatic hydroxyl groups excluding tert-OH is 2. The summed E-state index contributed by atoms with van der Waals surface area (Å²) < 4.78 is 18.7. The highest BCUT2D eigenvalue weighted by Gasteiger charge is 2.55. The van der Waals surface area contributed by atoms with Crippen molar-refractivity contribution in [1.82, 2.24) is 5.32 Å². The van der Waals surface area contributed by atoms with E-state index in [1.807, 2.05) is 91.0 Å². The Morgan fingerprint density at radius 1 is 0.861 bits per heavy atom. The third-order valence-corrected chi connectivity index (χ3v) is 6.37. The molecule has 1 aliphatic heterocycles. The van der Waals surface area contributed by atoms with Gasteiger partial charge in [0.05, 0.1) is 19.8 Å². The molecule has 7 nitrogen and oxygen atoms in total. The third-order valence-electron chi connectivity index (χ3n) is 6.37.